The minimum Gasteiger partial charge on any atom is -0.494 e. The van der Waals surface area contributed by atoms with Gasteiger partial charge in [-0.2, -0.15) is 0 Å². The Balaban J connectivity index is 1.66. The van der Waals surface area contributed by atoms with E-state index in [0.717, 1.165) is 15.4 Å². The summed E-state index contributed by atoms with van der Waals surface area (Å²) in [6.07, 6.45) is 0. The number of carbonyl (C=O) groups excluding carboxylic acids is 1. The second kappa shape index (κ2) is 12.2. The van der Waals surface area contributed by atoms with Crippen molar-refractivity contribution in [1.29, 1.82) is 0 Å². The van der Waals surface area contributed by atoms with Crippen LogP contribution in [0.4, 0.5) is 5.69 Å². The standard InChI is InChI=1S/C26H30N2O5S/c1-3-33-24-13-15-25(16-14-24)34(30,31)28(23-11-9-21(2)10-12-23)19-26(29)27-17-18-32-20-22-7-5-4-6-8-22/h4-16H,3,17-20H2,1-2H3,(H,27,29). The maximum Gasteiger partial charge on any atom is 0.264 e. The summed E-state index contributed by atoms with van der Waals surface area (Å²) < 4.78 is 39.0. The van der Waals surface area contributed by atoms with E-state index in [2.05, 4.69) is 5.32 Å². The van der Waals surface area contributed by atoms with Crippen molar-refractivity contribution in [3.05, 3.63) is 90.0 Å². The van der Waals surface area contributed by atoms with Crippen LogP contribution in [-0.2, 0) is 26.2 Å². The molecule has 0 aliphatic rings. The minimum absolute atomic E-state index is 0.0792. The molecule has 1 N–H and O–H groups in total. The summed E-state index contributed by atoms with van der Waals surface area (Å²) in [4.78, 5) is 12.7. The van der Waals surface area contributed by atoms with Gasteiger partial charge in [0.1, 0.15) is 12.3 Å². The van der Waals surface area contributed by atoms with Crippen molar-refractivity contribution >= 4 is 21.6 Å². The topological polar surface area (TPSA) is 84.9 Å². The zero-order chi connectivity index (χ0) is 24.4. The SMILES string of the molecule is CCOc1ccc(S(=O)(=O)N(CC(=O)NCCOCc2ccccc2)c2ccc(C)cc2)cc1. The Kier molecular flexibility index (Phi) is 9.07. The molecule has 0 spiro atoms. The maximum absolute atomic E-state index is 13.4. The molecule has 7 nitrogen and oxygen atoms in total. The number of amides is 1. The van der Waals surface area contributed by atoms with E-state index < -0.39 is 15.9 Å². The first-order valence-electron chi connectivity index (χ1n) is 11.1. The Hall–Kier alpha value is -3.36. The van der Waals surface area contributed by atoms with E-state index in [9.17, 15) is 13.2 Å². The molecule has 3 rings (SSSR count). The first-order chi connectivity index (χ1) is 16.4. The minimum atomic E-state index is -3.98. The highest BCUT2D eigenvalue weighted by atomic mass is 32.2. The number of rotatable bonds is 12. The third-order valence-corrected chi connectivity index (χ3v) is 6.80. The van der Waals surface area contributed by atoms with Crippen molar-refractivity contribution in [2.45, 2.75) is 25.3 Å². The molecule has 34 heavy (non-hydrogen) atoms. The van der Waals surface area contributed by atoms with E-state index >= 15 is 0 Å². The lowest BCUT2D eigenvalue weighted by Gasteiger charge is -2.24. The van der Waals surface area contributed by atoms with Gasteiger partial charge < -0.3 is 14.8 Å². The van der Waals surface area contributed by atoms with Crippen LogP contribution in [0.2, 0.25) is 0 Å². The predicted octanol–water partition coefficient (Wildman–Crippen LogP) is 3.92. The fourth-order valence-corrected chi connectivity index (χ4v) is 4.66. The average molecular weight is 483 g/mol. The largest absolute Gasteiger partial charge is 0.494 e. The van der Waals surface area contributed by atoms with Gasteiger partial charge in [0.2, 0.25) is 5.91 Å². The first kappa shape index (κ1) is 25.3. The van der Waals surface area contributed by atoms with Crippen molar-refractivity contribution < 1.29 is 22.7 Å². The van der Waals surface area contributed by atoms with Crippen LogP contribution >= 0.6 is 0 Å². The number of anilines is 1. The average Bonchev–Trinajstić information content (AvgIpc) is 2.84. The van der Waals surface area contributed by atoms with Gasteiger partial charge in [-0.05, 0) is 55.8 Å². The van der Waals surface area contributed by atoms with E-state index in [0.29, 0.717) is 31.3 Å². The highest BCUT2D eigenvalue weighted by Gasteiger charge is 2.27. The van der Waals surface area contributed by atoms with Crippen molar-refractivity contribution in [2.75, 3.05) is 30.6 Å². The summed E-state index contributed by atoms with van der Waals surface area (Å²) in [7, 11) is -3.98. The molecule has 0 aliphatic heterocycles. The van der Waals surface area contributed by atoms with Crippen LogP contribution in [-0.4, -0.2) is 40.6 Å². The first-order valence-corrected chi connectivity index (χ1v) is 12.5. The van der Waals surface area contributed by atoms with Crippen LogP contribution in [0.15, 0.2) is 83.8 Å². The molecule has 0 fully saturated rings. The van der Waals surface area contributed by atoms with E-state index in [4.69, 9.17) is 9.47 Å². The Bertz CT molecular complexity index is 1150. The number of ether oxygens (including phenoxy) is 2. The van der Waals surface area contributed by atoms with Gasteiger partial charge >= 0.3 is 0 Å². The summed E-state index contributed by atoms with van der Waals surface area (Å²) in [6.45, 7) is 4.94. The molecular weight excluding hydrogens is 452 g/mol. The van der Waals surface area contributed by atoms with Crippen LogP contribution in [0.1, 0.15) is 18.1 Å². The molecule has 0 bridgehead atoms. The van der Waals surface area contributed by atoms with Gasteiger partial charge in [0.25, 0.3) is 10.0 Å². The Morgan fingerprint density at radius 3 is 2.26 bits per heavy atom. The normalized spacial score (nSPS) is 11.1. The molecule has 8 heteroatoms. The van der Waals surface area contributed by atoms with Gasteiger partial charge in [-0.3, -0.25) is 9.10 Å². The Morgan fingerprint density at radius 2 is 1.62 bits per heavy atom. The predicted molar refractivity (Wildman–Crippen MR) is 132 cm³/mol. The zero-order valence-corrected chi connectivity index (χ0v) is 20.3. The number of carbonyl (C=O) groups is 1. The lowest BCUT2D eigenvalue weighted by atomic mass is 10.2. The summed E-state index contributed by atoms with van der Waals surface area (Å²) >= 11 is 0. The van der Waals surface area contributed by atoms with Crippen molar-refractivity contribution in [1.82, 2.24) is 5.32 Å². The number of aryl methyl sites for hydroxylation is 1. The van der Waals surface area contributed by atoms with Crippen LogP contribution in [0.25, 0.3) is 0 Å². The molecule has 0 unspecified atom stereocenters. The fourth-order valence-electron chi connectivity index (χ4n) is 3.24. The molecule has 1 amide bonds. The summed E-state index contributed by atoms with van der Waals surface area (Å²) in [6, 6.07) is 22.9. The third-order valence-electron chi connectivity index (χ3n) is 5.01. The highest BCUT2D eigenvalue weighted by Crippen LogP contribution is 2.25. The molecule has 0 radical (unpaired) electrons. The van der Waals surface area contributed by atoms with Crippen molar-refractivity contribution in [2.24, 2.45) is 0 Å². The van der Waals surface area contributed by atoms with Gasteiger partial charge in [-0.15, -0.1) is 0 Å². The molecular formula is C26H30N2O5S. The Labute approximate surface area is 201 Å². The number of hydrogen-bond donors (Lipinski definition) is 1. The van der Waals surface area contributed by atoms with Gasteiger partial charge in [-0.1, -0.05) is 48.0 Å². The van der Waals surface area contributed by atoms with Crippen molar-refractivity contribution in [3.63, 3.8) is 0 Å². The second-order valence-corrected chi connectivity index (χ2v) is 9.50. The van der Waals surface area contributed by atoms with Crippen LogP contribution in [0.3, 0.4) is 0 Å². The van der Waals surface area contributed by atoms with Gasteiger partial charge in [0.05, 0.1) is 30.4 Å². The third kappa shape index (κ3) is 7.07. The quantitative estimate of drug-likeness (QED) is 0.396. The smallest absolute Gasteiger partial charge is 0.264 e. The lowest BCUT2D eigenvalue weighted by Crippen LogP contribution is -2.41. The molecule has 0 saturated carbocycles. The summed E-state index contributed by atoms with van der Waals surface area (Å²) in [5, 5.41) is 2.74. The van der Waals surface area contributed by atoms with Gasteiger partial charge in [0.15, 0.2) is 0 Å². The van der Waals surface area contributed by atoms with Gasteiger partial charge in [-0.25, -0.2) is 8.42 Å². The summed E-state index contributed by atoms with van der Waals surface area (Å²) in [5.41, 5.74) is 2.44. The van der Waals surface area contributed by atoms with E-state index in [1.165, 1.54) is 12.1 Å². The molecule has 180 valence electrons. The molecule has 3 aromatic rings. The van der Waals surface area contributed by atoms with Crippen LogP contribution in [0.5, 0.6) is 5.75 Å². The van der Waals surface area contributed by atoms with Crippen LogP contribution in [0, 0.1) is 6.92 Å². The molecule has 0 aliphatic carbocycles. The summed E-state index contributed by atoms with van der Waals surface area (Å²) in [5.74, 6) is 0.162. The van der Waals surface area contributed by atoms with Crippen LogP contribution < -0.4 is 14.4 Å². The van der Waals surface area contributed by atoms with Crippen molar-refractivity contribution in [3.8, 4) is 5.75 Å². The highest BCUT2D eigenvalue weighted by molar-refractivity contribution is 7.92. The monoisotopic (exact) mass is 482 g/mol. The fraction of sp³-hybridized carbons (Fsp3) is 0.269. The second-order valence-electron chi connectivity index (χ2n) is 7.64. The number of hydrogen-bond acceptors (Lipinski definition) is 5. The number of nitrogens with one attached hydrogen (secondary N) is 1. The zero-order valence-electron chi connectivity index (χ0n) is 19.4. The number of nitrogens with zero attached hydrogens (tertiary/aromatic N) is 1. The molecule has 3 aromatic carbocycles. The lowest BCUT2D eigenvalue weighted by molar-refractivity contribution is -0.119. The molecule has 0 aromatic heterocycles. The number of sulfonamides is 1. The Morgan fingerprint density at radius 1 is 0.941 bits per heavy atom. The number of benzene rings is 3. The molecule has 0 saturated heterocycles. The van der Waals surface area contributed by atoms with Gasteiger partial charge in [0, 0.05) is 6.54 Å². The van der Waals surface area contributed by atoms with E-state index in [-0.39, 0.29) is 18.0 Å². The molecule has 0 heterocycles. The molecule has 0 atom stereocenters. The van der Waals surface area contributed by atoms with E-state index in [1.807, 2.05) is 56.3 Å². The maximum atomic E-state index is 13.4. The van der Waals surface area contributed by atoms with E-state index in [1.54, 1.807) is 24.3 Å².